The number of nitrogens with one attached hydrogen (secondary N) is 1. The van der Waals surface area contributed by atoms with Gasteiger partial charge in [-0.3, -0.25) is 13.9 Å². The fraction of sp³-hybridized carbons (Fsp3) is 0.188. The van der Waals surface area contributed by atoms with E-state index in [4.69, 9.17) is 4.74 Å². The molecular weight excluding hydrogens is 578 g/mol. The van der Waals surface area contributed by atoms with Crippen molar-refractivity contribution >= 4 is 27.6 Å². The van der Waals surface area contributed by atoms with Crippen molar-refractivity contribution < 1.29 is 36.3 Å². The number of carbonyl (C=O) groups excluding carboxylic acids is 2. The molecule has 1 aliphatic heterocycles. The average molecular weight is 607 g/mol. The van der Waals surface area contributed by atoms with Crippen molar-refractivity contribution in [1.29, 1.82) is 0 Å². The molecule has 0 saturated carbocycles. The molecule has 1 heterocycles. The highest BCUT2D eigenvalue weighted by Gasteiger charge is 2.42. The standard InChI is InChI=1S/C32H28F2N2O6S/c1-41-31(37)18-21-6-11-25(12-7-21)42-17-16-35-32(38)30-19-23-4-2-3-5-29(23)36(30)43(39,40)26-13-8-22(9-14-26)27-15-10-24(33)20-28(27)34/h2-15,20,30H,16-19H2,1H3,(H,35,38)/t30-/m0/s1. The van der Waals surface area contributed by atoms with Crippen LogP contribution >= 0.6 is 0 Å². The maximum absolute atomic E-state index is 14.3. The minimum atomic E-state index is -4.20. The molecule has 0 fully saturated rings. The Hall–Kier alpha value is -4.77. The predicted octanol–water partition coefficient (Wildman–Crippen LogP) is 4.66. The van der Waals surface area contributed by atoms with Crippen LogP contribution in [0.5, 0.6) is 5.75 Å². The Morgan fingerprint density at radius 3 is 2.37 bits per heavy atom. The molecule has 43 heavy (non-hydrogen) atoms. The molecule has 222 valence electrons. The van der Waals surface area contributed by atoms with E-state index in [-0.39, 0.29) is 42.4 Å². The summed E-state index contributed by atoms with van der Waals surface area (Å²) in [6, 6.07) is 21.5. The first-order valence-corrected chi connectivity index (χ1v) is 14.9. The van der Waals surface area contributed by atoms with Crippen LogP contribution < -0.4 is 14.4 Å². The van der Waals surface area contributed by atoms with E-state index in [2.05, 4.69) is 10.1 Å². The molecule has 1 aliphatic rings. The number of hydrogen-bond acceptors (Lipinski definition) is 6. The van der Waals surface area contributed by atoms with Crippen LogP contribution in [-0.4, -0.2) is 46.6 Å². The quantitative estimate of drug-likeness (QED) is 0.208. The maximum Gasteiger partial charge on any atom is 0.309 e. The number of esters is 1. The van der Waals surface area contributed by atoms with Gasteiger partial charge in [0.25, 0.3) is 10.0 Å². The Bertz CT molecular complexity index is 1740. The van der Waals surface area contributed by atoms with Gasteiger partial charge in [0.2, 0.25) is 5.91 Å². The van der Waals surface area contributed by atoms with Crippen LogP contribution in [0, 0.1) is 11.6 Å². The highest BCUT2D eigenvalue weighted by molar-refractivity contribution is 7.93. The van der Waals surface area contributed by atoms with Gasteiger partial charge in [-0.05, 0) is 59.2 Å². The molecule has 0 saturated heterocycles. The largest absolute Gasteiger partial charge is 0.492 e. The molecule has 0 aromatic heterocycles. The molecule has 1 N–H and O–H groups in total. The van der Waals surface area contributed by atoms with Crippen LogP contribution in [0.3, 0.4) is 0 Å². The van der Waals surface area contributed by atoms with Crippen LogP contribution in [0.2, 0.25) is 0 Å². The Morgan fingerprint density at radius 2 is 1.67 bits per heavy atom. The van der Waals surface area contributed by atoms with E-state index in [0.717, 1.165) is 22.0 Å². The van der Waals surface area contributed by atoms with Gasteiger partial charge in [0.05, 0.1) is 30.7 Å². The van der Waals surface area contributed by atoms with E-state index in [1.807, 2.05) is 0 Å². The molecule has 4 aromatic rings. The smallest absolute Gasteiger partial charge is 0.309 e. The summed E-state index contributed by atoms with van der Waals surface area (Å²) >= 11 is 0. The number of sulfonamides is 1. The highest BCUT2D eigenvalue weighted by atomic mass is 32.2. The minimum Gasteiger partial charge on any atom is -0.492 e. The number of halogens is 2. The van der Waals surface area contributed by atoms with E-state index >= 15 is 0 Å². The van der Waals surface area contributed by atoms with Crippen LogP contribution in [0.4, 0.5) is 14.5 Å². The van der Waals surface area contributed by atoms with Gasteiger partial charge in [-0.25, -0.2) is 17.2 Å². The third-order valence-electron chi connectivity index (χ3n) is 7.05. The summed E-state index contributed by atoms with van der Waals surface area (Å²) in [7, 11) is -2.87. The summed E-state index contributed by atoms with van der Waals surface area (Å²) in [4.78, 5) is 24.6. The number of methoxy groups -OCH3 is 1. The topological polar surface area (TPSA) is 102 Å². The van der Waals surface area contributed by atoms with Gasteiger partial charge in [-0.1, -0.05) is 42.5 Å². The molecule has 0 radical (unpaired) electrons. The van der Waals surface area contributed by atoms with Crippen molar-refractivity contribution in [1.82, 2.24) is 5.32 Å². The molecule has 0 spiro atoms. The fourth-order valence-corrected chi connectivity index (χ4v) is 6.55. The average Bonchev–Trinajstić information content (AvgIpc) is 3.41. The number of amides is 1. The summed E-state index contributed by atoms with van der Waals surface area (Å²) in [6.45, 7) is 0.261. The molecular formula is C32H28F2N2O6S. The number of carbonyl (C=O) groups is 2. The van der Waals surface area contributed by atoms with Crippen molar-refractivity contribution in [2.75, 3.05) is 24.6 Å². The molecule has 0 unspecified atom stereocenters. The van der Waals surface area contributed by atoms with Crippen molar-refractivity contribution in [3.63, 3.8) is 0 Å². The third kappa shape index (κ3) is 6.51. The van der Waals surface area contributed by atoms with Gasteiger partial charge >= 0.3 is 5.97 Å². The monoisotopic (exact) mass is 606 g/mol. The summed E-state index contributed by atoms with van der Waals surface area (Å²) in [5, 5.41) is 2.77. The summed E-state index contributed by atoms with van der Waals surface area (Å²) in [5.74, 6) is -1.76. The van der Waals surface area contributed by atoms with Crippen molar-refractivity contribution in [3.8, 4) is 16.9 Å². The summed E-state index contributed by atoms with van der Waals surface area (Å²) in [5.41, 5.74) is 2.39. The van der Waals surface area contributed by atoms with E-state index in [1.54, 1.807) is 48.5 Å². The maximum atomic E-state index is 14.3. The van der Waals surface area contributed by atoms with Gasteiger partial charge in [0.15, 0.2) is 0 Å². The third-order valence-corrected chi connectivity index (χ3v) is 8.89. The van der Waals surface area contributed by atoms with Crippen molar-refractivity contribution in [3.05, 3.63) is 114 Å². The Labute approximate surface area is 247 Å². The second-order valence-corrected chi connectivity index (χ2v) is 11.6. The zero-order valence-electron chi connectivity index (χ0n) is 23.1. The van der Waals surface area contributed by atoms with Gasteiger partial charge in [0, 0.05) is 18.1 Å². The Morgan fingerprint density at radius 1 is 0.953 bits per heavy atom. The minimum absolute atomic E-state index is 0.0766. The summed E-state index contributed by atoms with van der Waals surface area (Å²) in [6.07, 6.45) is 0.329. The lowest BCUT2D eigenvalue weighted by atomic mass is 10.1. The van der Waals surface area contributed by atoms with Crippen LogP contribution in [0.1, 0.15) is 11.1 Å². The molecule has 11 heteroatoms. The van der Waals surface area contributed by atoms with Gasteiger partial charge in [-0.15, -0.1) is 0 Å². The number of hydrogen-bond donors (Lipinski definition) is 1. The van der Waals surface area contributed by atoms with Crippen molar-refractivity contribution in [2.45, 2.75) is 23.8 Å². The first-order valence-electron chi connectivity index (χ1n) is 13.4. The summed E-state index contributed by atoms with van der Waals surface area (Å²) < 4.78 is 66.8. The SMILES string of the molecule is COC(=O)Cc1ccc(OCCNC(=O)[C@@H]2Cc3ccccc3N2S(=O)(=O)c2ccc(-c3ccc(F)cc3F)cc2)cc1. The molecule has 1 atom stereocenters. The molecule has 0 aliphatic carbocycles. The lowest BCUT2D eigenvalue weighted by Gasteiger charge is -2.26. The van der Waals surface area contributed by atoms with E-state index in [1.165, 1.54) is 37.4 Å². The number of anilines is 1. The second-order valence-electron chi connectivity index (χ2n) is 9.83. The normalized spacial score (nSPS) is 14.2. The fourth-order valence-electron chi connectivity index (χ4n) is 4.90. The molecule has 5 rings (SSSR count). The van der Waals surface area contributed by atoms with E-state index in [0.29, 0.717) is 22.6 Å². The van der Waals surface area contributed by atoms with Crippen molar-refractivity contribution in [2.24, 2.45) is 0 Å². The number of fused-ring (bicyclic) bond motifs is 1. The van der Waals surface area contributed by atoms with Gasteiger partial charge in [-0.2, -0.15) is 0 Å². The van der Waals surface area contributed by atoms with Gasteiger partial charge < -0.3 is 14.8 Å². The van der Waals surface area contributed by atoms with Crippen LogP contribution in [-0.2, 0) is 37.2 Å². The lowest BCUT2D eigenvalue weighted by Crippen LogP contribution is -2.48. The zero-order valence-corrected chi connectivity index (χ0v) is 23.9. The highest BCUT2D eigenvalue weighted by Crippen LogP contribution is 2.37. The van der Waals surface area contributed by atoms with Gasteiger partial charge in [0.1, 0.15) is 30.0 Å². The number of para-hydroxylation sites is 1. The Kier molecular flexibility index (Phi) is 8.72. The van der Waals surface area contributed by atoms with Crippen LogP contribution in [0.25, 0.3) is 11.1 Å². The second kappa shape index (κ2) is 12.6. The number of ether oxygens (including phenoxy) is 2. The Balaban J connectivity index is 1.27. The molecule has 1 amide bonds. The number of benzene rings is 4. The number of rotatable bonds is 10. The molecule has 8 nitrogen and oxygen atoms in total. The molecule has 4 aromatic carbocycles. The van der Waals surface area contributed by atoms with E-state index in [9.17, 15) is 26.8 Å². The first kappa shape index (κ1) is 29.7. The van der Waals surface area contributed by atoms with E-state index < -0.39 is 33.6 Å². The number of nitrogens with zero attached hydrogens (tertiary/aromatic N) is 1. The molecule has 0 bridgehead atoms. The predicted molar refractivity (Wildman–Crippen MR) is 156 cm³/mol. The lowest BCUT2D eigenvalue weighted by molar-refractivity contribution is -0.139. The zero-order chi connectivity index (χ0) is 30.6. The van der Waals surface area contributed by atoms with Crippen LogP contribution in [0.15, 0.2) is 95.9 Å². The first-order chi connectivity index (χ1) is 20.7.